The number of nitrogens with zero attached hydrogens (tertiary/aromatic N) is 2. The molecule has 1 aromatic rings. The summed E-state index contributed by atoms with van der Waals surface area (Å²) in [5.41, 5.74) is 6.48. The summed E-state index contributed by atoms with van der Waals surface area (Å²) in [7, 11) is 0. The van der Waals surface area contributed by atoms with Crippen molar-refractivity contribution in [3.63, 3.8) is 0 Å². The fourth-order valence-electron chi connectivity index (χ4n) is 3.61. The third-order valence-electron chi connectivity index (χ3n) is 4.57. The Kier molecular flexibility index (Phi) is 3.69. The van der Waals surface area contributed by atoms with Gasteiger partial charge in [0.25, 0.3) is 0 Å². The van der Waals surface area contributed by atoms with E-state index in [1.165, 1.54) is 38.5 Å². The first-order chi connectivity index (χ1) is 9.25. The van der Waals surface area contributed by atoms with E-state index in [-0.39, 0.29) is 0 Å². The van der Waals surface area contributed by atoms with Gasteiger partial charge in [0, 0.05) is 24.3 Å². The molecular weight excluding hydrogens is 254 g/mol. The molecule has 102 valence electrons. The largest absolute Gasteiger partial charge is 0.389 e. The van der Waals surface area contributed by atoms with Crippen LogP contribution < -0.4 is 10.6 Å². The molecule has 1 aliphatic carbocycles. The molecule has 2 heterocycles. The molecule has 1 saturated heterocycles. The van der Waals surface area contributed by atoms with Crippen molar-refractivity contribution in [2.45, 2.75) is 44.6 Å². The van der Waals surface area contributed by atoms with Gasteiger partial charge in [0.1, 0.15) is 10.8 Å². The molecule has 0 spiro atoms. The summed E-state index contributed by atoms with van der Waals surface area (Å²) < 4.78 is 0. The molecule has 1 aliphatic heterocycles. The van der Waals surface area contributed by atoms with Crippen LogP contribution in [0.15, 0.2) is 18.3 Å². The van der Waals surface area contributed by atoms with Gasteiger partial charge in [-0.2, -0.15) is 0 Å². The molecule has 3 rings (SSSR count). The lowest BCUT2D eigenvalue weighted by Gasteiger charge is -2.30. The standard InChI is InChI=1S/C15H21N3S/c16-15(19)12-7-8-14(17-10-12)18-9-3-6-13(18)11-4-1-2-5-11/h7-8,10-11,13H,1-6,9H2,(H2,16,19). The Bertz CT molecular complexity index is 451. The van der Waals surface area contributed by atoms with Crippen molar-refractivity contribution < 1.29 is 0 Å². The molecule has 0 aromatic carbocycles. The molecule has 1 aromatic heterocycles. The Morgan fingerprint density at radius 1 is 1.21 bits per heavy atom. The van der Waals surface area contributed by atoms with Crippen molar-refractivity contribution in [3.8, 4) is 0 Å². The highest BCUT2D eigenvalue weighted by Crippen LogP contribution is 2.37. The third kappa shape index (κ3) is 2.59. The van der Waals surface area contributed by atoms with E-state index in [0.717, 1.165) is 23.8 Å². The van der Waals surface area contributed by atoms with E-state index in [0.29, 0.717) is 11.0 Å². The SMILES string of the molecule is NC(=S)c1ccc(N2CCCC2C2CCCC2)nc1. The minimum atomic E-state index is 0.424. The summed E-state index contributed by atoms with van der Waals surface area (Å²) in [6.45, 7) is 1.14. The van der Waals surface area contributed by atoms with Crippen LogP contribution in [0.1, 0.15) is 44.1 Å². The van der Waals surface area contributed by atoms with E-state index in [9.17, 15) is 0 Å². The predicted octanol–water partition coefficient (Wildman–Crippen LogP) is 2.87. The average molecular weight is 275 g/mol. The number of anilines is 1. The third-order valence-corrected chi connectivity index (χ3v) is 4.81. The van der Waals surface area contributed by atoms with Crippen LogP contribution in [0.3, 0.4) is 0 Å². The molecular formula is C15H21N3S. The zero-order valence-electron chi connectivity index (χ0n) is 11.2. The quantitative estimate of drug-likeness (QED) is 0.861. The molecule has 0 amide bonds. The van der Waals surface area contributed by atoms with Crippen molar-refractivity contribution >= 4 is 23.0 Å². The molecule has 1 saturated carbocycles. The first-order valence-electron chi connectivity index (χ1n) is 7.28. The minimum Gasteiger partial charge on any atom is -0.389 e. The second-order valence-electron chi connectivity index (χ2n) is 5.72. The topological polar surface area (TPSA) is 42.1 Å². The Balaban J connectivity index is 1.78. The second kappa shape index (κ2) is 5.45. The lowest BCUT2D eigenvalue weighted by Crippen LogP contribution is -2.35. The van der Waals surface area contributed by atoms with Gasteiger partial charge in [0.05, 0.1) is 0 Å². The van der Waals surface area contributed by atoms with Crippen LogP contribution in [0.2, 0.25) is 0 Å². The van der Waals surface area contributed by atoms with Crippen molar-refractivity contribution in [1.29, 1.82) is 0 Å². The number of pyridine rings is 1. The molecule has 0 radical (unpaired) electrons. The van der Waals surface area contributed by atoms with Gasteiger partial charge in [-0.25, -0.2) is 4.98 Å². The van der Waals surface area contributed by atoms with Gasteiger partial charge < -0.3 is 10.6 Å². The summed E-state index contributed by atoms with van der Waals surface area (Å²) in [5.74, 6) is 1.97. The number of hydrogen-bond acceptors (Lipinski definition) is 3. The van der Waals surface area contributed by atoms with Gasteiger partial charge in [-0.1, -0.05) is 25.1 Å². The highest BCUT2D eigenvalue weighted by molar-refractivity contribution is 7.80. The summed E-state index contributed by atoms with van der Waals surface area (Å²) in [6, 6.07) is 4.77. The molecule has 1 unspecified atom stereocenters. The maximum Gasteiger partial charge on any atom is 0.128 e. The number of thiocarbonyl (C=S) groups is 1. The predicted molar refractivity (Wildman–Crippen MR) is 82.5 cm³/mol. The van der Waals surface area contributed by atoms with Crippen LogP contribution >= 0.6 is 12.2 Å². The molecule has 0 bridgehead atoms. The van der Waals surface area contributed by atoms with Crippen LogP contribution in [0, 0.1) is 5.92 Å². The van der Waals surface area contributed by atoms with E-state index in [1.807, 2.05) is 12.3 Å². The van der Waals surface area contributed by atoms with Gasteiger partial charge in [0.15, 0.2) is 0 Å². The van der Waals surface area contributed by atoms with Gasteiger partial charge in [-0.05, 0) is 43.7 Å². The van der Waals surface area contributed by atoms with Gasteiger partial charge >= 0.3 is 0 Å². The summed E-state index contributed by atoms with van der Waals surface area (Å²) in [5, 5.41) is 0. The number of hydrogen-bond donors (Lipinski definition) is 1. The number of nitrogens with two attached hydrogens (primary N) is 1. The maximum atomic E-state index is 5.62. The normalized spacial score (nSPS) is 24.0. The minimum absolute atomic E-state index is 0.424. The van der Waals surface area contributed by atoms with Crippen LogP contribution in [0.5, 0.6) is 0 Å². The fourth-order valence-corrected chi connectivity index (χ4v) is 3.73. The van der Waals surface area contributed by atoms with Crippen molar-refractivity contribution in [2.24, 2.45) is 11.7 Å². The first kappa shape index (κ1) is 12.9. The zero-order chi connectivity index (χ0) is 13.2. The second-order valence-corrected chi connectivity index (χ2v) is 6.16. The molecule has 3 nitrogen and oxygen atoms in total. The highest BCUT2D eigenvalue weighted by Gasteiger charge is 2.33. The van der Waals surface area contributed by atoms with Gasteiger partial charge in [0.2, 0.25) is 0 Å². The Morgan fingerprint density at radius 2 is 2.00 bits per heavy atom. The molecule has 2 N–H and O–H groups in total. The highest BCUT2D eigenvalue weighted by atomic mass is 32.1. The van der Waals surface area contributed by atoms with E-state index in [1.54, 1.807) is 0 Å². The molecule has 1 atom stereocenters. The lowest BCUT2D eigenvalue weighted by atomic mass is 9.96. The molecule has 19 heavy (non-hydrogen) atoms. The van der Waals surface area contributed by atoms with Gasteiger partial charge in [-0.3, -0.25) is 0 Å². The Hall–Kier alpha value is -1.16. The van der Waals surface area contributed by atoms with E-state index in [2.05, 4.69) is 16.0 Å². The number of rotatable bonds is 3. The first-order valence-corrected chi connectivity index (χ1v) is 7.69. The van der Waals surface area contributed by atoms with Crippen LogP contribution in [0.4, 0.5) is 5.82 Å². The fraction of sp³-hybridized carbons (Fsp3) is 0.600. The van der Waals surface area contributed by atoms with E-state index < -0.39 is 0 Å². The summed E-state index contributed by atoms with van der Waals surface area (Å²) in [6.07, 6.45) is 10.0. The van der Waals surface area contributed by atoms with Crippen LogP contribution in [0.25, 0.3) is 0 Å². The zero-order valence-corrected chi connectivity index (χ0v) is 12.0. The number of aromatic nitrogens is 1. The Morgan fingerprint density at radius 3 is 2.63 bits per heavy atom. The summed E-state index contributed by atoms with van der Waals surface area (Å²) >= 11 is 4.97. The van der Waals surface area contributed by atoms with Crippen molar-refractivity contribution in [2.75, 3.05) is 11.4 Å². The van der Waals surface area contributed by atoms with Crippen molar-refractivity contribution in [3.05, 3.63) is 23.9 Å². The monoisotopic (exact) mass is 275 g/mol. The Labute approximate surface area is 120 Å². The van der Waals surface area contributed by atoms with Crippen molar-refractivity contribution in [1.82, 2.24) is 4.98 Å². The maximum absolute atomic E-state index is 5.62. The van der Waals surface area contributed by atoms with Crippen LogP contribution in [-0.4, -0.2) is 22.6 Å². The molecule has 2 fully saturated rings. The van der Waals surface area contributed by atoms with E-state index >= 15 is 0 Å². The smallest absolute Gasteiger partial charge is 0.128 e. The molecule has 2 aliphatic rings. The average Bonchev–Trinajstić information content (AvgIpc) is 3.09. The van der Waals surface area contributed by atoms with Crippen LogP contribution in [-0.2, 0) is 0 Å². The lowest BCUT2D eigenvalue weighted by molar-refractivity contribution is 0.429. The van der Waals surface area contributed by atoms with E-state index in [4.69, 9.17) is 18.0 Å². The van der Waals surface area contributed by atoms with Gasteiger partial charge in [-0.15, -0.1) is 0 Å². The molecule has 4 heteroatoms. The summed E-state index contributed by atoms with van der Waals surface area (Å²) in [4.78, 5) is 7.49.